The molecule has 0 spiro atoms. The Morgan fingerprint density at radius 1 is 1.11 bits per heavy atom. The SMILES string of the molecule is CNC(=O)CCOC(=O)c1ncc2cc(Oc3ccccc3)ccc2c1O. The molecule has 0 unspecified atom stereocenters. The van der Waals surface area contributed by atoms with E-state index in [9.17, 15) is 14.7 Å². The Morgan fingerprint density at radius 2 is 1.89 bits per heavy atom. The summed E-state index contributed by atoms with van der Waals surface area (Å²) >= 11 is 0. The average Bonchev–Trinajstić information content (AvgIpc) is 2.68. The van der Waals surface area contributed by atoms with Gasteiger partial charge in [0.25, 0.3) is 0 Å². The average molecular weight is 366 g/mol. The summed E-state index contributed by atoms with van der Waals surface area (Å²) in [5.41, 5.74) is -0.198. The predicted octanol–water partition coefficient (Wildman–Crippen LogP) is 3.03. The van der Waals surface area contributed by atoms with E-state index in [-0.39, 0.29) is 30.4 Å². The van der Waals surface area contributed by atoms with Gasteiger partial charge in [-0.2, -0.15) is 0 Å². The monoisotopic (exact) mass is 366 g/mol. The van der Waals surface area contributed by atoms with Crippen molar-refractivity contribution in [2.75, 3.05) is 13.7 Å². The summed E-state index contributed by atoms with van der Waals surface area (Å²) in [6.45, 7) is -0.0957. The van der Waals surface area contributed by atoms with Crippen molar-refractivity contribution in [3.63, 3.8) is 0 Å². The molecule has 0 aliphatic rings. The Balaban J connectivity index is 1.77. The van der Waals surface area contributed by atoms with Crippen LogP contribution in [0.5, 0.6) is 17.2 Å². The molecular weight excluding hydrogens is 348 g/mol. The van der Waals surface area contributed by atoms with E-state index < -0.39 is 5.97 Å². The number of amides is 1. The van der Waals surface area contributed by atoms with E-state index in [1.54, 1.807) is 18.2 Å². The Kier molecular flexibility index (Phi) is 5.51. The number of pyridine rings is 1. The van der Waals surface area contributed by atoms with Crippen LogP contribution in [0.4, 0.5) is 0 Å². The van der Waals surface area contributed by atoms with Gasteiger partial charge in [0.1, 0.15) is 18.1 Å². The van der Waals surface area contributed by atoms with Gasteiger partial charge in [0.2, 0.25) is 5.91 Å². The predicted molar refractivity (Wildman–Crippen MR) is 98.9 cm³/mol. The van der Waals surface area contributed by atoms with E-state index in [1.165, 1.54) is 13.2 Å². The highest BCUT2D eigenvalue weighted by molar-refractivity contribution is 5.99. The number of ether oxygens (including phenoxy) is 2. The summed E-state index contributed by atoms with van der Waals surface area (Å²) in [6.07, 6.45) is 1.50. The number of rotatable bonds is 6. The molecule has 7 heteroatoms. The highest BCUT2D eigenvalue weighted by atomic mass is 16.5. The van der Waals surface area contributed by atoms with Crippen LogP contribution in [0.25, 0.3) is 10.8 Å². The molecule has 0 radical (unpaired) electrons. The van der Waals surface area contributed by atoms with Crippen LogP contribution in [0.2, 0.25) is 0 Å². The smallest absolute Gasteiger partial charge is 0.360 e. The van der Waals surface area contributed by atoms with Crippen LogP contribution in [0.15, 0.2) is 54.7 Å². The van der Waals surface area contributed by atoms with E-state index >= 15 is 0 Å². The zero-order valence-electron chi connectivity index (χ0n) is 14.6. The van der Waals surface area contributed by atoms with Gasteiger partial charge in [-0.15, -0.1) is 0 Å². The summed E-state index contributed by atoms with van der Waals surface area (Å²) in [5.74, 6) is -0.0443. The standard InChI is InChI=1S/C20H18N2O5/c1-21-17(23)9-10-26-20(25)18-19(24)16-8-7-15(11-13(16)12-22-18)27-14-5-3-2-4-6-14/h2-8,11-12,24H,9-10H2,1H3,(H,21,23). The summed E-state index contributed by atoms with van der Waals surface area (Å²) in [5, 5.41) is 13.9. The molecule has 1 heterocycles. The highest BCUT2D eigenvalue weighted by Crippen LogP contribution is 2.31. The Morgan fingerprint density at radius 3 is 2.63 bits per heavy atom. The minimum Gasteiger partial charge on any atom is -0.505 e. The number of esters is 1. The lowest BCUT2D eigenvalue weighted by atomic mass is 10.1. The first-order valence-corrected chi connectivity index (χ1v) is 8.31. The fourth-order valence-corrected chi connectivity index (χ4v) is 2.45. The first-order valence-electron chi connectivity index (χ1n) is 8.31. The second-order valence-electron chi connectivity index (χ2n) is 5.68. The molecule has 2 N–H and O–H groups in total. The highest BCUT2D eigenvalue weighted by Gasteiger charge is 2.18. The maximum atomic E-state index is 12.1. The molecule has 0 atom stereocenters. The van der Waals surface area contributed by atoms with Crippen molar-refractivity contribution in [3.05, 3.63) is 60.4 Å². The first kappa shape index (κ1) is 18.2. The molecule has 0 saturated heterocycles. The number of nitrogens with zero attached hydrogens (tertiary/aromatic N) is 1. The van der Waals surface area contributed by atoms with Crippen molar-refractivity contribution in [2.24, 2.45) is 0 Å². The third kappa shape index (κ3) is 4.33. The number of benzene rings is 2. The number of aromatic hydroxyl groups is 1. The van der Waals surface area contributed by atoms with Crippen molar-refractivity contribution in [1.29, 1.82) is 0 Å². The number of hydrogen-bond donors (Lipinski definition) is 2. The Hall–Kier alpha value is -3.61. The van der Waals surface area contributed by atoms with Crippen LogP contribution in [0, 0.1) is 0 Å². The molecule has 0 aliphatic carbocycles. The van der Waals surface area contributed by atoms with Crippen molar-refractivity contribution in [3.8, 4) is 17.2 Å². The van der Waals surface area contributed by atoms with Crippen LogP contribution in [-0.2, 0) is 9.53 Å². The second-order valence-corrected chi connectivity index (χ2v) is 5.68. The third-order valence-electron chi connectivity index (χ3n) is 3.85. The topological polar surface area (TPSA) is 97.8 Å². The van der Waals surface area contributed by atoms with Crippen LogP contribution in [-0.4, -0.2) is 35.6 Å². The van der Waals surface area contributed by atoms with Gasteiger partial charge in [-0.25, -0.2) is 9.78 Å². The van der Waals surface area contributed by atoms with Crippen molar-refractivity contribution in [1.82, 2.24) is 10.3 Å². The van der Waals surface area contributed by atoms with Gasteiger partial charge in [-0.3, -0.25) is 4.79 Å². The van der Waals surface area contributed by atoms with Gasteiger partial charge >= 0.3 is 5.97 Å². The molecule has 1 aromatic heterocycles. The number of hydrogen-bond acceptors (Lipinski definition) is 6. The number of carbonyl (C=O) groups is 2. The minimum atomic E-state index is -0.789. The van der Waals surface area contributed by atoms with E-state index in [0.29, 0.717) is 22.3 Å². The van der Waals surface area contributed by atoms with E-state index in [0.717, 1.165) is 0 Å². The summed E-state index contributed by atoms with van der Waals surface area (Å²) in [4.78, 5) is 27.2. The van der Waals surface area contributed by atoms with Gasteiger partial charge in [-0.1, -0.05) is 18.2 Å². The number of aromatic nitrogens is 1. The summed E-state index contributed by atoms with van der Waals surface area (Å²) < 4.78 is 10.7. The fraction of sp³-hybridized carbons (Fsp3) is 0.150. The zero-order chi connectivity index (χ0) is 19.2. The molecule has 3 aromatic rings. The third-order valence-corrected chi connectivity index (χ3v) is 3.85. The summed E-state index contributed by atoms with van der Waals surface area (Å²) in [6, 6.07) is 14.3. The number of para-hydroxylation sites is 1. The lowest BCUT2D eigenvalue weighted by molar-refractivity contribution is -0.121. The van der Waals surface area contributed by atoms with Gasteiger partial charge in [0.05, 0.1) is 6.42 Å². The van der Waals surface area contributed by atoms with E-state index in [4.69, 9.17) is 9.47 Å². The Bertz CT molecular complexity index is 973. The van der Waals surface area contributed by atoms with Crippen molar-refractivity contribution in [2.45, 2.75) is 6.42 Å². The van der Waals surface area contributed by atoms with Crippen LogP contribution >= 0.6 is 0 Å². The van der Waals surface area contributed by atoms with Crippen LogP contribution in [0.1, 0.15) is 16.9 Å². The molecule has 3 rings (SSSR count). The van der Waals surface area contributed by atoms with Crippen molar-refractivity contribution < 1.29 is 24.2 Å². The van der Waals surface area contributed by atoms with E-state index in [1.807, 2.05) is 30.3 Å². The molecule has 1 amide bonds. The molecule has 0 fully saturated rings. The quantitative estimate of drug-likeness (QED) is 0.651. The van der Waals surface area contributed by atoms with Crippen molar-refractivity contribution >= 4 is 22.6 Å². The van der Waals surface area contributed by atoms with Gasteiger partial charge in [0.15, 0.2) is 11.4 Å². The number of carbonyl (C=O) groups excluding carboxylic acids is 2. The maximum absolute atomic E-state index is 12.1. The number of nitrogens with one attached hydrogen (secondary N) is 1. The maximum Gasteiger partial charge on any atom is 0.360 e. The molecule has 2 aromatic carbocycles. The number of fused-ring (bicyclic) bond motifs is 1. The molecule has 7 nitrogen and oxygen atoms in total. The molecular formula is C20H18N2O5. The summed E-state index contributed by atoms with van der Waals surface area (Å²) in [7, 11) is 1.50. The molecule has 0 bridgehead atoms. The molecule has 0 saturated carbocycles. The van der Waals surface area contributed by atoms with Crippen LogP contribution in [0.3, 0.4) is 0 Å². The van der Waals surface area contributed by atoms with E-state index in [2.05, 4.69) is 10.3 Å². The van der Waals surface area contributed by atoms with Gasteiger partial charge < -0.3 is 19.9 Å². The lowest BCUT2D eigenvalue weighted by Gasteiger charge is -2.10. The zero-order valence-corrected chi connectivity index (χ0v) is 14.6. The minimum absolute atomic E-state index is 0.0385. The van der Waals surface area contributed by atoms with Gasteiger partial charge in [-0.05, 0) is 30.3 Å². The van der Waals surface area contributed by atoms with Crippen LogP contribution < -0.4 is 10.1 Å². The first-order chi connectivity index (χ1) is 13.1. The normalized spacial score (nSPS) is 10.4. The second kappa shape index (κ2) is 8.18. The molecule has 0 aliphatic heterocycles. The largest absolute Gasteiger partial charge is 0.505 e. The van der Waals surface area contributed by atoms with Gasteiger partial charge in [0, 0.05) is 24.0 Å². The molecule has 27 heavy (non-hydrogen) atoms. The Labute approximate surface area is 155 Å². The lowest BCUT2D eigenvalue weighted by Crippen LogP contribution is -2.20. The molecule has 138 valence electrons. The fourth-order valence-electron chi connectivity index (χ4n) is 2.45.